The minimum atomic E-state index is -1.03. The van der Waals surface area contributed by atoms with Crippen molar-refractivity contribution in [2.45, 2.75) is 12.5 Å². The number of aliphatic hydroxyl groups excluding tert-OH is 1. The Balaban J connectivity index is 3.34. The molecule has 0 radical (unpaired) electrons. The van der Waals surface area contributed by atoms with E-state index in [1.807, 2.05) is 0 Å². The summed E-state index contributed by atoms with van der Waals surface area (Å²) < 4.78 is 13.5. The highest BCUT2D eigenvalue weighted by atomic mass is 79.9. The van der Waals surface area contributed by atoms with E-state index in [-0.39, 0.29) is 6.61 Å². The minimum Gasteiger partial charge on any atom is -0.398 e. The van der Waals surface area contributed by atoms with Gasteiger partial charge in [-0.05, 0) is 35.0 Å². The standard InChI is InChI=1S/C9H12BrFN2O/c1-9(13,4-14)6-2-5(11)3-7(10)8(6)12/h2-3,14H,4,12-13H2,1H3. The predicted octanol–water partition coefficient (Wildman–Crippen LogP) is 1.34. The number of benzene rings is 1. The molecule has 0 aliphatic heterocycles. The summed E-state index contributed by atoms with van der Waals surface area (Å²) in [7, 11) is 0. The molecule has 14 heavy (non-hydrogen) atoms. The van der Waals surface area contributed by atoms with Crippen LogP contribution in [0.15, 0.2) is 16.6 Å². The van der Waals surface area contributed by atoms with E-state index in [0.29, 0.717) is 15.7 Å². The van der Waals surface area contributed by atoms with Crippen molar-refractivity contribution in [3.8, 4) is 0 Å². The second-order valence-corrected chi connectivity index (χ2v) is 4.28. The normalized spacial score (nSPS) is 15.2. The third-order valence-corrected chi connectivity index (χ3v) is 2.69. The summed E-state index contributed by atoms with van der Waals surface area (Å²) in [6.45, 7) is 1.29. The fourth-order valence-electron chi connectivity index (χ4n) is 1.14. The number of nitrogen functional groups attached to an aromatic ring is 1. The van der Waals surface area contributed by atoms with Crippen molar-refractivity contribution in [1.82, 2.24) is 0 Å². The minimum absolute atomic E-state index is 0.299. The van der Waals surface area contributed by atoms with Gasteiger partial charge in [0.1, 0.15) is 5.82 Å². The molecule has 0 fully saturated rings. The van der Waals surface area contributed by atoms with Crippen LogP contribution in [0.1, 0.15) is 12.5 Å². The molecule has 0 saturated carbocycles. The molecule has 0 amide bonds. The maximum Gasteiger partial charge on any atom is 0.124 e. The molecule has 1 atom stereocenters. The van der Waals surface area contributed by atoms with Crippen LogP contribution in [0.5, 0.6) is 0 Å². The molecule has 0 heterocycles. The quantitative estimate of drug-likeness (QED) is 0.705. The zero-order valence-corrected chi connectivity index (χ0v) is 9.31. The molecule has 1 rings (SSSR count). The molecule has 3 nitrogen and oxygen atoms in total. The third-order valence-electron chi connectivity index (χ3n) is 2.04. The van der Waals surface area contributed by atoms with Gasteiger partial charge in [-0.25, -0.2) is 4.39 Å². The first-order chi connectivity index (χ1) is 6.38. The van der Waals surface area contributed by atoms with Crippen molar-refractivity contribution in [1.29, 1.82) is 0 Å². The molecular formula is C9H12BrFN2O. The van der Waals surface area contributed by atoms with Crippen molar-refractivity contribution >= 4 is 21.6 Å². The van der Waals surface area contributed by atoms with Crippen LogP contribution < -0.4 is 11.5 Å². The average molecular weight is 263 g/mol. The van der Waals surface area contributed by atoms with Crippen LogP contribution in [0, 0.1) is 5.82 Å². The van der Waals surface area contributed by atoms with Gasteiger partial charge in [-0.15, -0.1) is 0 Å². The van der Waals surface area contributed by atoms with E-state index in [0.717, 1.165) is 0 Å². The van der Waals surface area contributed by atoms with E-state index >= 15 is 0 Å². The monoisotopic (exact) mass is 262 g/mol. The molecular weight excluding hydrogens is 251 g/mol. The van der Waals surface area contributed by atoms with Gasteiger partial charge in [0.25, 0.3) is 0 Å². The van der Waals surface area contributed by atoms with Gasteiger partial charge < -0.3 is 16.6 Å². The van der Waals surface area contributed by atoms with Gasteiger partial charge in [-0.2, -0.15) is 0 Å². The first-order valence-electron chi connectivity index (χ1n) is 4.03. The highest BCUT2D eigenvalue weighted by molar-refractivity contribution is 9.10. The fraction of sp³-hybridized carbons (Fsp3) is 0.333. The number of nitrogens with two attached hydrogens (primary N) is 2. The molecule has 5 heteroatoms. The SMILES string of the molecule is CC(N)(CO)c1cc(F)cc(Br)c1N. The fourth-order valence-corrected chi connectivity index (χ4v) is 1.57. The molecule has 78 valence electrons. The van der Waals surface area contributed by atoms with Crippen LogP contribution >= 0.6 is 15.9 Å². The smallest absolute Gasteiger partial charge is 0.124 e. The van der Waals surface area contributed by atoms with E-state index < -0.39 is 11.4 Å². The Bertz CT molecular complexity index is 355. The van der Waals surface area contributed by atoms with Gasteiger partial charge in [0.15, 0.2) is 0 Å². The van der Waals surface area contributed by atoms with Gasteiger partial charge in [-0.3, -0.25) is 0 Å². The van der Waals surface area contributed by atoms with Crippen molar-refractivity contribution < 1.29 is 9.50 Å². The summed E-state index contributed by atoms with van der Waals surface area (Å²) in [4.78, 5) is 0. The molecule has 0 aliphatic rings. The largest absolute Gasteiger partial charge is 0.398 e. The van der Waals surface area contributed by atoms with Crippen molar-refractivity contribution in [2.75, 3.05) is 12.3 Å². The highest BCUT2D eigenvalue weighted by Crippen LogP contribution is 2.31. The molecule has 1 unspecified atom stereocenters. The van der Waals surface area contributed by atoms with Crippen molar-refractivity contribution in [3.63, 3.8) is 0 Å². The molecule has 0 aromatic heterocycles. The van der Waals surface area contributed by atoms with E-state index in [2.05, 4.69) is 15.9 Å². The van der Waals surface area contributed by atoms with Crippen molar-refractivity contribution in [2.24, 2.45) is 5.73 Å². The highest BCUT2D eigenvalue weighted by Gasteiger charge is 2.24. The molecule has 0 aliphatic carbocycles. The maximum absolute atomic E-state index is 13.1. The lowest BCUT2D eigenvalue weighted by Gasteiger charge is -2.24. The van der Waals surface area contributed by atoms with Crippen LogP contribution in [-0.2, 0) is 5.54 Å². The zero-order valence-electron chi connectivity index (χ0n) is 7.72. The Labute approximate surface area is 90.0 Å². The van der Waals surface area contributed by atoms with Crippen LogP contribution in [-0.4, -0.2) is 11.7 Å². The van der Waals surface area contributed by atoms with Gasteiger partial charge in [0.2, 0.25) is 0 Å². The van der Waals surface area contributed by atoms with E-state index in [4.69, 9.17) is 16.6 Å². The summed E-state index contributed by atoms with van der Waals surface area (Å²) in [6.07, 6.45) is 0. The summed E-state index contributed by atoms with van der Waals surface area (Å²) in [5.41, 5.74) is 11.2. The van der Waals surface area contributed by atoms with Gasteiger partial charge in [0.05, 0.1) is 17.8 Å². The summed E-state index contributed by atoms with van der Waals surface area (Å²) in [5.74, 6) is -0.439. The number of hydrogen-bond acceptors (Lipinski definition) is 3. The Hall–Kier alpha value is -0.650. The number of halogens is 2. The van der Waals surface area contributed by atoms with Crippen LogP contribution in [0.4, 0.5) is 10.1 Å². The Morgan fingerprint density at radius 3 is 2.64 bits per heavy atom. The van der Waals surface area contributed by atoms with Crippen LogP contribution in [0.25, 0.3) is 0 Å². The Kier molecular flexibility index (Phi) is 3.14. The van der Waals surface area contributed by atoms with Crippen LogP contribution in [0.2, 0.25) is 0 Å². The first kappa shape index (κ1) is 11.4. The van der Waals surface area contributed by atoms with E-state index in [1.54, 1.807) is 6.92 Å². The number of hydrogen-bond donors (Lipinski definition) is 3. The number of rotatable bonds is 2. The molecule has 1 aromatic carbocycles. The van der Waals surface area contributed by atoms with Crippen LogP contribution in [0.3, 0.4) is 0 Å². The molecule has 5 N–H and O–H groups in total. The Morgan fingerprint density at radius 1 is 1.57 bits per heavy atom. The molecule has 1 aromatic rings. The second kappa shape index (κ2) is 3.84. The lowest BCUT2D eigenvalue weighted by atomic mass is 9.92. The van der Waals surface area contributed by atoms with E-state index in [1.165, 1.54) is 12.1 Å². The Morgan fingerprint density at radius 2 is 2.14 bits per heavy atom. The third kappa shape index (κ3) is 2.05. The predicted molar refractivity (Wildman–Crippen MR) is 57.1 cm³/mol. The second-order valence-electron chi connectivity index (χ2n) is 3.42. The average Bonchev–Trinajstić information content (AvgIpc) is 2.11. The van der Waals surface area contributed by atoms with Gasteiger partial charge in [-0.1, -0.05) is 0 Å². The van der Waals surface area contributed by atoms with Crippen molar-refractivity contribution in [3.05, 3.63) is 28.0 Å². The lowest BCUT2D eigenvalue weighted by molar-refractivity contribution is 0.210. The summed E-state index contributed by atoms with van der Waals surface area (Å²) in [6, 6.07) is 2.49. The summed E-state index contributed by atoms with van der Waals surface area (Å²) in [5, 5.41) is 9.04. The maximum atomic E-state index is 13.1. The lowest BCUT2D eigenvalue weighted by Crippen LogP contribution is -2.37. The van der Waals surface area contributed by atoms with Gasteiger partial charge in [0, 0.05) is 10.0 Å². The topological polar surface area (TPSA) is 72.3 Å². The molecule has 0 bridgehead atoms. The first-order valence-corrected chi connectivity index (χ1v) is 4.82. The number of aliphatic hydroxyl groups is 1. The van der Waals surface area contributed by atoms with E-state index in [9.17, 15) is 4.39 Å². The summed E-state index contributed by atoms with van der Waals surface area (Å²) >= 11 is 3.12. The molecule has 0 spiro atoms. The molecule has 0 saturated heterocycles. The van der Waals surface area contributed by atoms with Gasteiger partial charge >= 0.3 is 0 Å². The zero-order chi connectivity index (χ0) is 10.9. The number of anilines is 1.